The molecule has 0 aliphatic carbocycles. The van der Waals surface area contributed by atoms with Crippen molar-refractivity contribution in [2.24, 2.45) is 0 Å². The van der Waals surface area contributed by atoms with E-state index in [2.05, 4.69) is 13.3 Å². The van der Waals surface area contributed by atoms with Gasteiger partial charge in [-0.1, -0.05) is 18.2 Å². The number of benzene rings is 1. The first-order valence-electron chi connectivity index (χ1n) is 3.32. The van der Waals surface area contributed by atoms with Crippen LogP contribution in [-0.4, -0.2) is 13.3 Å². The molecule has 1 rings (SSSR count). The molecular weight excluding hydrogens is 143 g/mol. The highest BCUT2D eigenvalue weighted by Gasteiger charge is 2.00. The van der Waals surface area contributed by atoms with Gasteiger partial charge < -0.3 is 4.52 Å². The Morgan fingerprint density at radius 3 is 2.20 bits per heavy atom. The molecule has 1 aromatic rings. The van der Waals surface area contributed by atoms with Crippen LogP contribution in [0.2, 0.25) is 0 Å². The van der Waals surface area contributed by atoms with E-state index >= 15 is 0 Å². The Hall–Kier alpha value is -0.550. The van der Waals surface area contributed by atoms with Gasteiger partial charge >= 0.3 is 0 Å². The van der Waals surface area contributed by atoms with E-state index in [1.165, 1.54) is 0 Å². The van der Waals surface area contributed by atoms with Gasteiger partial charge in [0.15, 0.2) is 13.9 Å². The first-order chi connectivity index (χ1) is 4.79. The summed E-state index contributed by atoms with van der Waals surface area (Å²) >= 11 is 0. The molecule has 0 saturated heterocycles. The third-order valence-corrected chi connectivity index (χ3v) is 1.71. The first kappa shape index (κ1) is 7.56. The largest absolute Gasteiger partial charge is 0.354 e. The van der Waals surface area contributed by atoms with Gasteiger partial charge in [0, 0.05) is 0 Å². The molecule has 0 heterocycles. The van der Waals surface area contributed by atoms with Crippen molar-refractivity contribution in [3.05, 3.63) is 30.3 Å². The molecule has 0 N–H and O–H groups in total. The summed E-state index contributed by atoms with van der Waals surface area (Å²) in [4.78, 5) is 0. The van der Waals surface area contributed by atoms with Gasteiger partial charge in [-0.15, -0.1) is 0 Å². The zero-order chi connectivity index (χ0) is 7.40. The molecule has 0 fully saturated rings. The van der Waals surface area contributed by atoms with Crippen LogP contribution in [0, 0.1) is 0 Å². The standard InChI is InChI=1S/C8H11OP/c1-10(2)9-8-6-4-3-5-7-8/h3-7H,1-2H3/p+1. The summed E-state index contributed by atoms with van der Waals surface area (Å²) in [7, 11) is -0.587. The average molecular weight is 155 g/mol. The van der Waals surface area contributed by atoms with Gasteiger partial charge in [0.05, 0.1) is 13.3 Å². The Labute approximate surface area is 62.9 Å². The third-order valence-electron chi connectivity index (χ3n) is 1.07. The summed E-state index contributed by atoms with van der Waals surface area (Å²) in [6.07, 6.45) is 0. The Kier molecular flexibility index (Phi) is 2.70. The quantitative estimate of drug-likeness (QED) is 0.596. The molecule has 0 bridgehead atoms. The van der Waals surface area contributed by atoms with E-state index in [1.54, 1.807) is 0 Å². The minimum Gasteiger partial charge on any atom is -0.354 e. The fraction of sp³-hybridized carbons (Fsp3) is 0.250. The van der Waals surface area contributed by atoms with Crippen LogP contribution in [-0.2, 0) is 0 Å². The fourth-order valence-electron chi connectivity index (χ4n) is 0.724. The molecule has 0 amide bonds. The maximum absolute atomic E-state index is 5.52. The Bertz CT molecular complexity index is 184. The summed E-state index contributed by atoms with van der Waals surface area (Å²) < 4.78 is 5.52. The van der Waals surface area contributed by atoms with E-state index in [9.17, 15) is 0 Å². The highest BCUT2D eigenvalue weighted by atomic mass is 31.1. The molecular formula is C8H12OP+. The lowest BCUT2D eigenvalue weighted by Gasteiger charge is -1.99. The van der Waals surface area contributed by atoms with Gasteiger partial charge in [-0.25, -0.2) is 0 Å². The number of rotatable bonds is 2. The number of hydrogen-bond donors (Lipinski definition) is 0. The van der Waals surface area contributed by atoms with Gasteiger partial charge in [0.1, 0.15) is 0 Å². The van der Waals surface area contributed by atoms with Crippen LogP contribution < -0.4 is 4.52 Å². The topological polar surface area (TPSA) is 9.23 Å². The molecule has 0 aromatic heterocycles. The summed E-state index contributed by atoms with van der Waals surface area (Å²) in [5.41, 5.74) is 0. The van der Waals surface area contributed by atoms with Crippen LogP contribution in [0.5, 0.6) is 5.75 Å². The van der Waals surface area contributed by atoms with Crippen LogP contribution in [0.3, 0.4) is 0 Å². The van der Waals surface area contributed by atoms with E-state index in [0.29, 0.717) is 0 Å². The minimum atomic E-state index is -0.587. The van der Waals surface area contributed by atoms with E-state index < -0.39 is 8.15 Å². The maximum Gasteiger partial charge on any atom is 0.172 e. The zero-order valence-corrected chi connectivity index (χ0v) is 7.29. The van der Waals surface area contributed by atoms with Crippen LogP contribution >= 0.6 is 8.15 Å². The van der Waals surface area contributed by atoms with Crippen molar-refractivity contribution in [3.63, 3.8) is 0 Å². The van der Waals surface area contributed by atoms with Gasteiger partial charge in [-0.3, -0.25) is 0 Å². The van der Waals surface area contributed by atoms with E-state index in [0.717, 1.165) is 5.75 Å². The molecule has 1 aromatic carbocycles. The SMILES string of the molecule is C[PH+](C)Oc1ccccc1. The zero-order valence-electron chi connectivity index (χ0n) is 6.29. The smallest absolute Gasteiger partial charge is 0.172 e. The highest BCUT2D eigenvalue weighted by molar-refractivity contribution is 7.51. The molecule has 10 heavy (non-hydrogen) atoms. The summed E-state index contributed by atoms with van der Waals surface area (Å²) in [6, 6.07) is 9.93. The molecule has 0 atom stereocenters. The first-order valence-corrected chi connectivity index (χ1v) is 5.73. The Balaban J connectivity index is 2.59. The fourth-order valence-corrected chi connectivity index (χ4v) is 1.33. The molecule has 0 unspecified atom stereocenters. The van der Waals surface area contributed by atoms with Gasteiger partial charge in [-0.2, -0.15) is 0 Å². The summed E-state index contributed by atoms with van der Waals surface area (Å²) in [5.74, 6) is 0.987. The van der Waals surface area contributed by atoms with Gasteiger partial charge in [0.25, 0.3) is 0 Å². The molecule has 0 saturated carbocycles. The van der Waals surface area contributed by atoms with E-state index in [1.807, 2.05) is 30.3 Å². The van der Waals surface area contributed by atoms with Crippen molar-refractivity contribution in [2.75, 3.05) is 13.3 Å². The van der Waals surface area contributed by atoms with Gasteiger partial charge in [0.2, 0.25) is 0 Å². The van der Waals surface area contributed by atoms with Crippen LogP contribution in [0.15, 0.2) is 30.3 Å². The average Bonchev–Trinajstić information content (AvgIpc) is 1.88. The van der Waals surface area contributed by atoms with Crippen molar-refractivity contribution in [1.82, 2.24) is 0 Å². The lowest BCUT2D eigenvalue weighted by Crippen LogP contribution is -1.81. The van der Waals surface area contributed by atoms with Gasteiger partial charge in [-0.05, 0) is 12.1 Å². The lowest BCUT2D eigenvalue weighted by molar-refractivity contribution is 0.623. The van der Waals surface area contributed by atoms with E-state index in [4.69, 9.17) is 4.52 Å². The molecule has 0 spiro atoms. The number of hydrogen-bond acceptors (Lipinski definition) is 1. The van der Waals surface area contributed by atoms with E-state index in [-0.39, 0.29) is 0 Å². The number of para-hydroxylation sites is 1. The second-order valence-corrected chi connectivity index (χ2v) is 4.34. The maximum atomic E-state index is 5.52. The van der Waals surface area contributed by atoms with Crippen molar-refractivity contribution in [3.8, 4) is 5.75 Å². The highest BCUT2D eigenvalue weighted by Crippen LogP contribution is 2.28. The van der Waals surface area contributed by atoms with Crippen LogP contribution in [0.25, 0.3) is 0 Å². The summed E-state index contributed by atoms with van der Waals surface area (Å²) in [6.45, 7) is 4.25. The van der Waals surface area contributed by atoms with Crippen molar-refractivity contribution in [2.45, 2.75) is 0 Å². The minimum absolute atomic E-state index is 0.587. The van der Waals surface area contributed by atoms with Crippen molar-refractivity contribution >= 4 is 8.15 Å². The molecule has 0 aliphatic rings. The lowest BCUT2D eigenvalue weighted by atomic mass is 10.3. The predicted molar refractivity (Wildman–Crippen MR) is 47.2 cm³/mol. The Morgan fingerprint density at radius 1 is 1.10 bits per heavy atom. The molecule has 54 valence electrons. The second-order valence-electron chi connectivity index (χ2n) is 2.32. The monoisotopic (exact) mass is 155 g/mol. The molecule has 2 heteroatoms. The van der Waals surface area contributed by atoms with Crippen LogP contribution in [0.1, 0.15) is 0 Å². The molecule has 0 radical (unpaired) electrons. The van der Waals surface area contributed by atoms with Crippen LogP contribution in [0.4, 0.5) is 0 Å². The predicted octanol–water partition coefficient (Wildman–Crippen LogP) is 2.45. The third kappa shape index (κ3) is 2.36. The second kappa shape index (κ2) is 3.58. The van der Waals surface area contributed by atoms with Crippen molar-refractivity contribution in [1.29, 1.82) is 0 Å². The van der Waals surface area contributed by atoms with Crippen molar-refractivity contribution < 1.29 is 4.52 Å². The molecule has 0 aliphatic heterocycles. The molecule has 1 nitrogen and oxygen atoms in total. The normalized spacial score (nSPS) is 9.90. The Morgan fingerprint density at radius 2 is 1.70 bits per heavy atom. The summed E-state index contributed by atoms with van der Waals surface area (Å²) in [5, 5.41) is 0.